The monoisotopic (exact) mass is 1120 g/mol. The summed E-state index contributed by atoms with van der Waals surface area (Å²) in [4.78, 5) is 39.9. The van der Waals surface area contributed by atoms with Gasteiger partial charge in [-0.3, -0.25) is 16.8 Å². The summed E-state index contributed by atoms with van der Waals surface area (Å²) in [7, 11) is -4.00. The van der Waals surface area contributed by atoms with Crippen molar-refractivity contribution in [1.82, 2.24) is 9.80 Å². The first-order chi connectivity index (χ1) is 33.1. The van der Waals surface area contributed by atoms with Gasteiger partial charge in [0.15, 0.2) is 0 Å². The van der Waals surface area contributed by atoms with Crippen LogP contribution in [0.25, 0.3) is 15.5 Å². The van der Waals surface area contributed by atoms with Crippen LogP contribution in [0.1, 0.15) is 162 Å². The molecule has 4 rings (SSSR count). The zero-order chi connectivity index (χ0) is 54.0. The van der Waals surface area contributed by atoms with Gasteiger partial charge in [0.25, 0.3) is 11.8 Å². The lowest BCUT2D eigenvalue weighted by atomic mass is 9.80. The fraction of sp³-hybridized carbons (Fsp3) is 0.690. The van der Waals surface area contributed by atoms with E-state index in [1.165, 1.54) is 59.6 Å². The number of unbranched alkanes of at least 4 members (excludes halogenated alkanes) is 10. The lowest BCUT2D eigenvalue weighted by Crippen LogP contribution is -2.31. The van der Waals surface area contributed by atoms with Crippen molar-refractivity contribution in [3.8, 4) is 9.75 Å². The number of amides is 2. The number of thioether (sulfide) groups is 1. The summed E-state index contributed by atoms with van der Waals surface area (Å²) in [5.74, 6) is 2.74. The summed E-state index contributed by atoms with van der Waals surface area (Å²) in [6.45, 7) is 27.1. The quantitative estimate of drug-likeness (QED) is 0.0576. The second-order valence-corrected chi connectivity index (χ2v) is 40.7. The molecule has 0 fully saturated rings. The van der Waals surface area contributed by atoms with Gasteiger partial charge in [0, 0.05) is 43.3 Å². The fourth-order valence-electron chi connectivity index (χ4n) is 8.60. The summed E-state index contributed by atoms with van der Waals surface area (Å²) in [5, 5.41) is 0.263. The van der Waals surface area contributed by atoms with E-state index in [9.17, 15) is 0 Å². The molecule has 0 bridgehead atoms. The summed E-state index contributed by atoms with van der Waals surface area (Å²) in [5.41, 5.74) is 2.82. The van der Waals surface area contributed by atoms with E-state index in [4.69, 9.17) is 7.26 Å². The first-order valence-corrected chi connectivity index (χ1v) is 39.8. The lowest BCUT2D eigenvalue weighted by Gasteiger charge is -2.40. The molecule has 0 N–H and O–H groups in total. The first kappa shape index (κ1) is 66.1. The number of thiophene rings is 2. The molecule has 2 amide bonds. The van der Waals surface area contributed by atoms with Crippen LogP contribution in [0.2, 0.25) is 0 Å². The summed E-state index contributed by atoms with van der Waals surface area (Å²) < 4.78 is 12.9. The van der Waals surface area contributed by atoms with Gasteiger partial charge in [-0.25, -0.2) is 0 Å². The van der Waals surface area contributed by atoms with Crippen molar-refractivity contribution >= 4 is 93.2 Å². The smallest absolute Gasteiger partial charge is 0.261 e. The molecule has 2 aromatic heterocycles. The maximum absolute atomic E-state index is 15.1. The fourth-order valence-corrected chi connectivity index (χ4v) is 23.2. The van der Waals surface area contributed by atoms with E-state index in [1.807, 2.05) is 41.1 Å². The average molecular weight is 1120 g/mol. The molecule has 6 nitrogen and oxygen atoms in total. The van der Waals surface area contributed by atoms with Gasteiger partial charge in [-0.05, 0) is 136 Å². The third kappa shape index (κ3) is 21.5. The van der Waals surface area contributed by atoms with Gasteiger partial charge in [0.05, 0.1) is 27.4 Å². The van der Waals surface area contributed by atoms with Crippen LogP contribution in [0, 0.1) is 5.92 Å². The molecule has 2 aromatic rings. The second kappa shape index (κ2) is 30.6. The number of hydrogen-bond acceptors (Lipinski definition) is 7. The largest absolute Gasteiger partial charge is 0.306 e. The summed E-state index contributed by atoms with van der Waals surface area (Å²) in [6.07, 6.45) is 41.0. The molecular formula is C58H104N2O4S7. The van der Waals surface area contributed by atoms with E-state index in [0.717, 1.165) is 71.2 Å². The number of fused-ring (bicyclic) bond motifs is 1. The molecule has 0 atom stereocenters. The number of carbonyl (C=O) groups excluding carboxylic acids is 2. The van der Waals surface area contributed by atoms with Crippen molar-refractivity contribution in [1.29, 1.82) is 0 Å². The molecule has 0 aromatic carbocycles. The molecule has 0 unspecified atom stereocenters. The van der Waals surface area contributed by atoms with Crippen molar-refractivity contribution < 1.29 is 16.8 Å². The molecule has 2 aliphatic heterocycles. The van der Waals surface area contributed by atoms with Crippen LogP contribution in [0.4, 0.5) is 0 Å². The Morgan fingerprint density at radius 2 is 1.04 bits per heavy atom. The Balaban J connectivity index is 0.00000332. The maximum Gasteiger partial charge on any atom is 0.261 e. The Morgan fingerprint density at radius 3 is 1.49 bits per heavy atom. The minimum atomic E-state index is -1.03. The van der Waals surface area contributed by atoms with E-state index >= 15 is 9.59 Å². The van der Waals surface area contributed by atoms with E-state index < -0.39 is 41.2 Å². The zero-order valence-electron chi connectivity index (χ0n) is 48.7. The highest BCUT2D eigenvalue weighted by molar-refractivity contribution is 8.41. The van der Waals surface area contributed by atoms with Crippen molar-refractivity contribution in [2.75, 3.05) is 87.2 Å². The Kier molecular flexibility index (Phi) is 28.5. The van der Waals surface area contributed by atoms with Crippen LogP contribution in [0.5, 0.6) is 0 Å². The normalized spacial score (nSPS) is 15.9. The second-order valence-electron chi connectivity index (χ2n) is 22.3. The van der Waals surface area contributed by atoms with Crippen LogP contribution in [-0.2, 0) is 22.3 Å². The molecule has 71 heavy (non-hydrogen) atoms. The van der Waals surface area contributed by atoms with E-state index in [0.29, 0.717) is 30.2 Å². The molecule has 0 aliphatic carbocycles. The van der Waals surface area contributed by atoms with Crippen LogP contribution in [-0.4, -0.2) is 114 Å². The van der Waals surface area contributed by atoms with E-state index in [2.05, 4.69) is 149 Å². The Labute approximate surface area is 457 Å². The highest BCUT2D eigenvalue weighted by Crippen LogP contribution is 2.57. The zero-order valence-corrected chi connectivity index (χ0v) is 54.4. The number of carbonyl (C=O) groups is 2. The van der Waals surface area contributed by atoms with Gasteiger partial charge < -0.3 is 9.80 Å². The van der Waals surface area contributed by atoms with Crippen LogP contribution in [0.3, 0.4) is 0 Å². The van der Waals surface area contributed by atoms with Gasteiger partial charge in [-0.15, -0.1) is 75.7 Å². The molecule has 4 heterocycles. The van der Waals surface area contributed by atoms with Gasteiger partial charge in [0.1, 0.15) is 0 Å². The standard InChI is InChI=1S/C53H90N2O4S7.C3H8.C2H6/c1-18-31-44(60-41(4)5)49-47-48(52(57)54(49)36-27-23-19-21-25-29-38-65(14,15)58-63(8,9)10)50(45-33-32-42(61-45)43-34-35-46(62-43)53(6,7)40(2)3)55(51(47)56)37-28-24-20-22-26-30-39-66(16,17)59-64(11,12)13;1-3-2;1-2/h18,31-35,40-41H,1,19-30,36-39H2,2-17H3;3H2,1-2H3;1-2H3/b44-31-;;. The van der Waals surface area contributed by atoms with E-state index in [-0.39, 0.29) is 22.5 Å². The van der Waals surface area contributed by atoms with Crippen molar-refractivity contribution in [3.63, 3.8) is 0 Å². The third-order valence-electron chi connectivity index (χ3n) is 12.1. The van der Waals surface area contributed by atoms with Crippen molar-refractivity contribution in [3.05, 3.63) is 74.5 Å². The predicted octanol–water partition coefficient (Wildman–Crippen LogP) is 18.6. The van der Waals surface area contributed by atoms with Gasteiger partial charge in [0.2, 0.25) is 0 Å². The number of allylic oxidation sites excluding steroid dienone is 2. The van der Waals surface area contributed by atoms with Crippen molar-refractivity contribution in [2.45, 2.75) is 163 Å². The van der Waals surface area contributed by atoms with Gasteiger partial charge in [-0.2, -0.15) is 0 Å². The SMILES string of the molecule is C=C/C=C(\SC(C)C)C1=C2C(=O)N(CCCCCCCCS(C)(C)OS(C)(C)C)C(c3ccc(-c4ccc(C(C)(C)C(C)C)s4)s3)=C2C(=O)N1CCCCCCCCS(C)(C)OS(C)(C)C.CC.CCC. The minimum Gasteiger partial charge on any atom is -0.306 e. The van der Waals surface area contributed by atoms with Crippen molar-refractivity contribution in [2.24, 2.45) is 5.92 Å². The van der Waals surface area contributed by atoms with E-state index in [1.54, 1.807) is 29.2 Å². The number of nitrogens with zero attached hydrogens (tertiary/aromatic N) is 2. The molecule has 0 radical (unpaired) electrons. The number of rotatable bonds is 30. The third-order valence-corrected chi connectivity index (χ3v) is 24.6. The Hall–Kier alpha value is -1.03. The highest BCUT2D eigenvalue weighted by Gasteiger charge is 2.49. The molecule has 0 saturated carbocycles. The van der Waals surface area contributed by atoms with Gasteiger partial charge >= 0.3 is 0 Å². The van der Waals surface area contributed by atoms with Crippen LogP contribution in [0.15, 0.2) is 64.7 Å². The molecule has 412 valence electrons. The van der Waals surface area contributed by atoms with Crippen LogP contribution >= 0.6 is 75.7 Å². The molecule has 0 spiro atoms. The van der Waals surface area contributed by atoms with Gasteiger partial charge in [-0.1, -0.05) is 140 Å². The maximum atomic E-state index is 15.1. The molecular weight excluding hydrogens is 1010 g/mol. The molecule has 0 saturated heterocycles. The predicted molar refractivity (Wildman–Crippen MR) is 338 cm³/mol. The number of hydrogen-bond donors (Lipinski definition) is 0. The first-order valence-electron chi connectivity index (χ1n) is 26.6. The molecule has 2 aliphatic rings. The minimum absolute atomic E-state index is 0.0366. The lowest BCUT2D eigenvalue weighted by molar-refractivity contribution is -0.124. The molecule has 13 heteroatoms. The average Bonchev–Trinajstić information content (AvgIpc) is 4.04. The van der Waals surface area contributed by atoms with Crippen LogP contribution < -0.4 is 0 Å². The Morgan fingerprint density at radius 1 is 0.634 bits per heavy atom. The highest BCUT2D eigenvalue weighted by atomic mass is 32.3. The summed E-state index contributed by atoms with van der Waals surface area (Å²) in [6, 6.07) is 8.89. The summed E-state index contributed by atoms with van der Waals surface area (Å²) >= 11 is 5.29. The Bertz CT molecular complexity index is 2060. The topological polar surface area (TPSA) is 59.1 Å².